The molecular formula is C78H126NO8+. The molecule has 490 valence electrons. The molecule has 2 atom stereocenters. The third-order valence-electron chi connectivity index (χ3n) is 14.0. The second kappa shape index (κ2) is 66.6. The van der Waals surface area contributed by atoms with Gasteiger partial charge in [-0.1, -0.05) is 267 Å². The number of allylic oxidation sites excluding steroid dienone is 28. The van der Waals surface area contributed by atoms with Crippen molar-refractivity contribution in [2.75, 3.05) is 47.5 Å². The van der Waals surface area contributed by atoms with Gasteiger partial charge in [0.05, 0.1) is 34.4 Å². The number of aliphatic carboxylic acids is 1. The number of hydrogen-bond acceptors (Lipinski definition) is 7. The highest BCUT2D eigenvalue weighted by atomic mass is 16.7. The molecule has 0 aromatic carbocycles. The molecule has 0 aliphatic rings. The van der Waals surface area contributed by atoms with Crippen LogP contribution in [-0.4, -0.2) is 87.4 Å². The summed E-state index contributed by atoms with van der Waals surface area (Å²) in [6, 6.07) is 0. The van der Waals surface area contributed by atoms with E-state index in [9.17, 15) is 19.5 Å². The molecule has 9 nitrogen and oxygen atoms in total. The Labute approximate surface area is 533 Å². The largest absolute Gasteiger partial charge is 0.477 e. The van der Waals surface area contributed by atoms with Gasteiger partial charge in [-0.25, -0.2) is 4.79 Å². The number of likely N-dealkylation sites (N-methyl/N-ethyl adjacent to an activating group) is 1. The second-order valence-electron chi connectivity index (χ2n) is 23.4. The fourth-order valence-electron chi connectivity index (χ4n) is 8.73. The van der Waals surface area contributed by atoms with Crippen LogP contribution in [0.4, 0.5) is 0 Å². The van der Waals surface area contributed by atoms with Crippen molar-refractivity contribution in [2.24, 2.45) is 0 Å². The van der Waals surface area contributed by atoms with Crippen LogP contribution in [0.3, 0.4) is 0 Å². The normalized spacial score (nSPS) is 13.8. The minimum absolute atomic E-state index is 0.171. The summed E-state index contributed by atoms with van der Waals surface area (Å²) in [6.07, 6.45) is 97.4. The highest BCUT2D eigenvalue weighted by Crippen LogP contribution is 2.15. The predicted molar refractivity (Wildman–Crippen MR) is 373 cm³/mol. The van der Waals surface area contributed by atoms with Crippen molar-refractivity contribution in [3.8, 4) is 0 Å². The molecule has 0 aromatic heterocycles. The molecule has 0 rings (SSSR count). The van der Waals surface area contributed by atoms with Gasteiger partial charge in [0.1, 0.15) is 13.2 Å². The van der Waals surface area contributed by atoms with Gasteiger partial charge in [0.25, 0.3) is 6.29 Å². The first-order valence-electron chi connectivity index (χ1n) is 34.3. The van der Waals surface area contributed by atoms with E-state index in [0.29, 0.717) is 17.4 Å². The van der Waals surface area contributed by atoms with Crippen LogP contribution in [0.25, 0.3) is 0 Å². The Balaban J connectivity index is 4.29. The first-order valence-corrected chi connectivity index (χ1v) is 34.3. The Morgan fingerprint density at radius 3 is 0.989 bits per heavy atom. The molecule has 0 aliphatic carbocycles. The van der Waals surface area contributed by atoms with Crippen LogP contribution < -0.4 is 0 Å². The number of nitrogens with zero attached hydrogens (tertiary/aromatic N) is 1. The van der Waals surface area contributed by atoms with Gasteiger partial charge >= 0.3 is 17.9 Å². The lowest BCUT2D eigenvalue weighted by Crippen LogP contribution is -2.40. The smallest absolute Gasteiger partial charge is 0.361 e. The molecule has 0 spiro atoms. The molecule has 0 saturated carbocycles. The molecule has 0 bridgehead atoms. The number of carboxylic acid groups (broad SMARTS) is 1. The van der Waals surface area contributed by atoms with Gasteiger partial charge in [0, 0.05) is 12.8 Å². The molecule has 0 aliphatic heterocycles. The predicted octanol–water partition coefficient (Wildman–Crippen LogP) is 21.5. The highest BCUT2D eigenvalue weighted by molar-refractivity contribution is 5.71. The summed E-state index contributed by atoms with van der Waals surface area (Å²) in [5.74, 6) is -2.07. The van der Waals surface area contributed by atoms with Gasteiger partial charge in [0.15, 0.2) is 6.10 Å². The summed E-state index contributed by atoms with van der Waals surface area (Å²) < 4.78 is 22.9. The Kier molecular flexibility index (Phi) is 62.5. The van der Waals surface area contributed by atoms with Crippen LogP contribution in [0, 0.1) is 0 Å². The van der Waals surface area contributed by atoms with E-state index >= 15 is 0 Å². The van der Waals surface area contributed by atoms with Crippen molar-refractivity contribution in [2.45, 2.75) is 257 Å². The molecule has 0 radical (unpaired) electrons. The van der Waals surface area contributed by atoms with E-state index in [0.717, 1.165) is 135 Å². The molecule has 0 amide bonds. The average molecular weight is 1210 g/mol. The number of quaternary nitrogens is 1. The number of carboxylic acids is 1. The number of carbonyl (C=O) groups is 3. The maximum Gasteiger partial charge on any atom is 0.361 e. The van der Waals surface area contributed by atoms with Crippen molar-refractivity contribution in [1.29, 1.82) is 0 Å². The first kappa shape index (κ1) is 81.7. The van der Waals surface area contributed by atoms with Crippen LogP contribution in [0.1, 0.15) is 245 Å². The average Bonchev–Trinajstić information content (AvgIpc) is 3.57. The van der Waals surface area contributed by atoms with E-state index in [4.69, 9.17) is 18.9 Å². The fourth-order valence-corrected chi connectivity index (χ4v) is 8.73. The van der Waals surface area contributed by atoms with E-state index in [-0.39, 0.29) is 38.6 Å². The molecule has 87 heavy (non-hydrogen) atoms. The Bertz CT molecular complexity index is 2030. The van der Waals surface area contributed by atoms with Crippen LogP contribution >= 0.6 is 0 Å². The van der Waals surface area contributed by atoms with Gasteiger partial charge in [-0.05, 0) is 135 Å². The number of hydrogen-bond donors (Lipinski definition) is 1. The molecule has 0 heterocycles. The molecule has 0 saturated heterocycles. The summed E-state index contributed by atoms with van der Waals surface area (Å²) in [7, 11) is 5.95. The van der Waals surface area contributed by atoms with Crippen LogP contribution in [0.2, 0.25) is 0 Å². The van der Waals surface area contributed by atoms with Crippen LogP contribution in [0.15, 0.2) is 170 Å². The number of ether oxygens (including phenoxy) is 4. The fraction of sp³-hybridized carbons (Fsp3) is 0.603. The van der Waals surface area contributed by atoms with Gasteiger partial charge in [0.2, 0.25) is 0 Å². The summed E-state index contributed by atoms with van der Waals surface area (Å²) in [5, 5.41) is 9.74. The monoisotopic (exact) mass is 1200 g/mol. The Morgan fingerprint density at radius 1 is 0.356 bits per heavy atom. The summed E-state index contributed by atoms with van der Waals surface area (Å²) in [5.41, 5.74) is 0. The topological polar surface area (TPSA) is 108 Å². The molecule has 1 N–H and O–H groups in total. The number of unbranched alkanes of at least 4 members (excludes halogenated alkanes) is 18. The van der Waals surface area contributed by atoms with E-state index in [2.05, 4.69) is 184 Å². The zero-order valence-corrected chi connectivity index (χ0v) is 55.9. The van der Waals surface area contributed by atoms with Gasteiger partial charge < -0.3 is 28.5 Å². The van der Waals surface area contributed by atoms with E-state index in [1.165, 1.54) is 77.0 Å². The standard InChI is InChI=1S/C78H125NO8/c1-6-8-10-12-14-16-18-20-22-24-26-28-30-32-33-34-35-36-37-38-39-40-41-42-43-45-47-49-51-53-55-57-59-61-63-65-67-69-76(81)87-74(73-86-78(77(82)83)84-71-70-79(3,4)5)72-85-75(80)68-66-64-62-60-58-56-54-52-50-48-46-44-31-29-27-25-23-21-19-17-15-13-11-9-7-2/h8,10,14,16,19-22,25-28,31-33,35-36,38-39,41-42,44-45,47,51,53,57,59,74,78H,6-7,9,11-13,15,17-18,23-24,29-30,34,37,40,43,46,48-50,52,54-56,58,60-73H2,1-5H3/p+1/b10-8-,16-14-,21-19-,22-20-,27-25-,28-26-,33-32-,36-35-,39-38-,42-41-,44-31-,47-45-,53-51-,59-57-. The number of carbonyl (C=O) groups excluding carboxylic acids is 2. The third kappa shape index (κ3) is 68.0. The van der Waals surface area contributed by atoms with Gasteiger partial charge in [-0.15, -0.1) is 0 Å². The van der Waals surface area contributed by atoms with Crippen molar-refractivity contribution < 1.29 is 42.9 Å². The van der Waals surface area contributed by atoms with Gasteiger partial charge in [-0.2, -0.15) is 0 Å². The summed E-state index contributed by atoms with van der Waals surface area (Å²) in [6.45, 7) is 4.69. The zero-order valence-electron chi connectivity index (χ0n) is 55.9. The van der Waals surface area contributed by atoms with Crippen LogP contribution in [-0.2, 0) is 33.3 Å². The quantitative estimate of drug-likeness (QED) is 0.0211. The first-order chi connectivity index (χ1) is 42.6. The highest BCUT2D eigenvalue weighted by Gasteiger charge is 2.25. The van der Waals surface area contributed by atoms with Gasteiger partial charge in [-0.3, -0.25) is 9.59 Å². The lowest BCUT2D eigenvalue weighted by Gasteiger charge is -2.25. The molecule has 0 aromatic rings. The minimum Gasteiger partial charge on any atom is -0.477 e. The maximum atomic E-state index is 12.9. The minimum atomic E-state index is -1.53. The zero-order chi connectivity index (χ0) is 63.3. The van der Waals surface area contributed by atoms with E-state index < -0.39 is 24.3 Å². The Morgan fingerprint density at radius 2 is 0.655 bits per heavy atom. The molecule has 0 fully saturated rings. The van der Waals surface area contributed by atoms with Crippen molar-refractivity contribution in [3.63, 3.8) is 0 Å². The SMILES string of the molecule is CC/C=C\C/C=C\C/C=C\C/C=C\C/C=C\C/C=C\C/C=C\C/C=C\C/C=C\C/C=C\C/C=C\CCCCCC(=O)OC(COC(=O)CCCCCCCCCCCC/C=C\C/C=C\C/C=C\CCCCCCC)COC(OCC[N+](C)(C)C)C(=O)O. The van der Waals surface area contributed by atoms with Crippen molar-refractivity contribution in [3.05, 3.63) is 170 Å². The van der Waals surface area contributed by atoms with Crippen molar-refractivity contribution >= 4 is 17.9 Å². The van der Waals surface area contributed by atoms with Crippen molar-refractivity contribution in [1.82, 2.24) is 0 Å². The summed E-state index contributed by atoms with van der Waals surface area (Å²) >= 11 is 0. The molecule has 2 unspecified atom stereocenters. The molecular weight excluding hydrogens is 1080 g/mol. The third-order valence-corrected chi connectivity index (χ3v) is 14.0. The molecule has 9 heteroatoms. The summed E-state index contributed by atoms with van der Waals surface area (Å²) in [4.78, 5) is 37.6. The van der Waals surface area contributed by atoms with E-state index in [1.807, 2.05) is 21.1 Å². The lowest BCUT2D eigenvalue weighted by molar-refractivity contribution is -0.870. The number of esters is 2. The number of rotatable bonds is 61. The maximum absolute atomic E-state index is 12.9. The lowest BCUT2D eigenvalue weighted by atomic mass is 10.1. The van der Waals surface area contributed by atoms with E-state index in [1.54, 1.807) is 0 Å². The van der Waals surface area contributed by atoms with Crippen LogP contribution in [0.5, 0.6) is 0 Å². The Hall–Kier alpha value is -5.35. The second-order valence-corrected chi connectivity index (χ2v) is 23.4.